The minimum atomic E-state index is -3.75. The molecule has 3 N–H and O–H groups in total. The number of nitrogens with two attached hydrogens (primary N) is 1. The molecule has 2 rings (SSSR count). The molecule has 2 aromatic heterocycles. The maximum Gasteiger partial charge on any atom is 0.244 e. The molecule has 0 amide bonds. The van der Waals surface area contributed by atoms with Crippen molar-refractivity contribution in [3.8, 4) is 0 Å². The monoisotopic (exact) mass is 300 g/mol. The molecule has 2 aromatic rings. The molecule has 0 unspecified atom stereocenters. The first kappa shape index (κ1) is 14.7. The minimum Gasteiger partial charge on any atom is -0.465 e. The highest BCUT2D eigenvalue weighted by molar-refractivity contribution is 7.89. The molecule has 0 aliphatic heterocycles. The number of sulfonamides is 1. The average molecular weight is 300 g/mol. The fourth-order valence-electron chi connectivity index (χ4n) is 1.94. The number of nitrogens with zero attached hydrogens (tertiary/aromatic N) is 2. The fourth-order valence-corrected chi connectivity index (χ4v) is 3.37. The second-order valence-electron chi connectivity index (χ2n) is 4.29. The lowest BCUT2D eigenvalue weighted by atomic mass is 10.2. The summed E-state index contributed by atoms with van der Waals surface area (Å²) in [6.07, 6.45) is 0. The Balaban J connectivity index is 2.27. The molecule has 0 fully saturated rings. The molecule has 0 spiro atoms. The van der Waals surface area contributed by atoms with Crippen molar-refractivity contribution in [1.82, 2.24) is 14.9 Å². The molecule has 0 atom stereocenters. The summed E-state index contributed by atoms with van der Waals surface area (Å²) < 4.78 is 37.2. The van der Waals surface area contributed by atoms with Crippen molar-refractivity contribution in [2.75, 3.05) is 0 Å². The summed E-state index contributed by atoms with van der Waals surface area (Å²) in [5, 5.41) is 3.59. The van der Waals surface area contributed by atoms with Gasteiger partial charge in [-0.1, -0.05) is 5.16 Å². The Morgan fingerprint density at radius 1 is 1.25 bits per heavy atom. The first-order chi connectivity index (χ1) is 9.35. The SMILES string of the molecule is Cc1noc(CNS(=O)(=O)c2c(C)oc(C)c2CN)n1. The van der Waals surface area contributed by atoms with Crippen LogP contribution in [0.25, 0.3) is 0 Å². The molecule has 0 saturated heterocycles. The van der Waals surface area contributed by atoms with Crippen LogP contribution in [0.3, 0.4) is 0 Å². The van der Waals surface area contributed by atoms with Crippen LogP contribution in [0.15, 0.2) is 13.8 Å². The van der Waals surface area contributed by atoms with Crippen LogP contribution in [0, 0.1) is 20.8 Å². The van der Waals surface area contributed by atoms with Crippen molar-refractivity contribution in [2.24, 2.45) is 5.73 Å². The summed E-state index contributed by atoms with van der Waals surface area (Å²) in [5.41, 5.74) is 6.05. The number of furan rings is 1. The van der Waals surface area contributed by atoms with Crippen molar-refractivity contribution in [3.63, 3.8) is 0 Å². The summed E-state index contributed by atoms with van der Waals surface area (Å²) in [6, 6.07) is 0. The van der Waals surface area contributed by atoms with Crippen molar-refractivity contribution >= 4 is 10.0 Å². The lowest BCUT2D eigenvalue weighted by Gasteiger charge is -2.05. The number of aryl methyl sites for hydroxylation is 3. The van der Waals surface area contributed by atoms with E-state index in [1.807, 2.05) is 0 Å². The van der Waals surface area contributed by atoms with Gasteiger partial charge in [0, 0.05) is 12.1 Å². The van der Waals surface area contributed by atoms with Gasteiger partial charge in [0.2, 0.25) is 15.9 Å². The van der Waals surface area contributed by atoms with Gasteiger partial charge in [-0.05, 0) is 20.8 Å². The van der Waals surface area contributed by atoms with Crippen LogP contribution in [0.5, 0.6) is 0 Å². The summed E-state index contributed by atoms with van der Waals surface area (Å²) >= 11 is 0. The van der Waals surface area contributed by atoms with E-state index in [4.69, 9.17) is 14.7 Å². The van der Waals surface area contributed by atoms with Gasteiger partial charge in [0.15, 0.2) is 5.82 Å². The first-order valence-electron chi connectivity index (χ1n) is 5.93. The van der Waals surface area contributed by atoms with E-state index in [1.54, 1.807) is 20.8 Å². The van der Waals surface area contributed by atoms with E-state index in [0.29, 0.717) is 22.9 Å². The van der Waals surface area contributed by atoms with Crippen LogP contribution < -0.4 is 10.5 Å². The van der Waals surface area contributed by atoms with Crippen LogP contribution in [0.4, 0.5) is 0 Å². The minimum absolute atomic E-state index is 0.0775. The van der Waals surface area contributed by atoms with Gasteiger partial charge >= 0.3 is 0 Å². The molecular weight excluding hydrogens is 284 g/mol. The zero-order valence-electron chi connectivity index (χ0n) is 11.4. The van der Waals surface area contributed by atoms with E-state index in [-0.39, 0.29) is 23.9 Å². The van der Waals surface area contributed by atoms with Gasteiger partial charge in [-0.15, -0.1) is 0 Å². The number of hydrogen-bond donors (Lipinski definition) is 2. The van der Waals surface area contributed by atoms with Crippen molar-refractivity contribution in [3.05, 3.63) is 28.8 Å². The first-order valence-corrected chi connectivity index (χ1v) is 7.41. The van der Waals surface area contributed by atoms with Crippen molar-refractivity contribution in [1.29, 1.82) is 0 Å². The molecule has 0 saturated carbocycles. The Labute approximate surface area is 116 Å². The van der Waals surface area contributed by atoms with Crippen LogP contribution in [-0.4, -0.2) is 18.6 Å². The molecule has 0 bridgehead atoms. The zero-order chi connectivity index (χ0) is 14.9. The van der Waals surface area contributed by atoms with Gasteiger partial charge in [0.25, 0.3) is 0 Å². The maximum absolute atomic E-state index is 12.3. The highest BCUT2D eigenvalue weighted by Crippen LogP contribution is 2.26. The van der Waals surface area contributed by atoms with Crippen LogP contribution >= 0.6 is 0 Å². The van der Waals surface area contributed by atoms with Crippen LogP contribution in [0.2, 0.25) is 0 Å². The van der Waals surface area contributed by atoms with Crippen molar-refractivity contribution in [2.45, 2.75) is 38.8 Å². The lowest BCUT2D eigenvalue weighted by Crippen LogP contribution is -2.25. The summed E-state index contributed by atoms with van der Waals surface area (Å²) in [6.45, 7) is 4.90. The van der Waals surface area contributed by atoms with Crippen LogP contribution in [-0.2, 0) is 23.1 Å². The van der Waals surface area contributed by atoms with E-state index < -0.39 is 10.0 Å². The third-order valence-electron chi connectivity index (χ3n) is 2.78. The molecule has 0 aromatic carbocycles. The predicted molar refractivity (Wildman–Crippen MR) is 69.1 cm³/mol. The van der Waals surface area contributed by atoms with E-state index in [9.17, 15) is 8.42 Å². The van der Waals surface area contributed by atoms with Gasteiger partial charge in [0.1, 0.15) is 16.4 Å². The smallest absolute Gasteiger partial charge is 0.244 e. The van der Waals surface area contributed by atoms with Gasteiger partial charge < -0.3 is 14.7 Å². The number of nitrogens with one attached hydrogen (secondary N) is 1. The van der Waals surface area contributed by atoms with Gasteiger partial charge in [-0.2, -0.15) is 4.98 Å². The molecule has 20 heavy (non-hydrogen) atoms. The van der Waals surface area contributed by atoms with E-state index in [0.717, 1.165) is 0 Å². The molecule has 0 aliphatic carbocycles. The predicted octanol–water partition coefficient (Wildman–Crippen LogP) is 0.525. The Morgan fingerprint density at radius 2 is 1.95 bits per heavy atom. The second kappa shape index (κ2) is 5.35. The van der Waals surface area contributed by atoms with Crippen LogP contribution in [0.1, 0.15) is 28.8 Å². The fraction of sp³-hybridized carbons (Fsp3) is 0.455. The molecule has 0 aliphatic rings. The van der Waals surface area contributed by atoms with Gasteiger partial charge in [-0.3, -0.25) is 0 Å². The third-order valence-corrected chi connectivity index (χ3v) is 4.38. The van der Waals surface area contributed by atoms with E-state index in [2.05, 4.69) is 14.9 Å². The zero-order valence-corrected chi connectivity index (χ0v) is 12.2. The van der Waals surface area contributed by atoms with E-state index in [1.165, 1.54) is 0 Å². The Bertz CT molecular complexity index is 717. The Hall–Kier alpha value is -1.71. The maximum atomic E-state index is 12.3. The molecule has 0 radical (unpaired) electrons. The largest absolute Gasteiger partial charge is 0.465 e. The Morgan fingerprint density at radius 3 is 2.50 bits per heavy atom. The highest BCUT2D eigenvalue weighted by atomic mass is 32.2. The summed E-state index contributed by atoms with van der Waals surface area (Å²) in [5.74, 6) is 1.44. The summed E-state index contributed by atoms with van der Waals surface area (Å²) in [4.78, 5) is 4.00. The van der Waals surface area contributed by atoms with E-state index >= 15 is 0 Å². The molecule has 9 heteroatoms. The van der Waals surface area contributed by atoms with Crippen molar-refractivity contribution < 1.29 is 17.4 Å². The average Bonchev–Trinajstić information content (AvgIpc) is 2.90. The van der Waals surface area contributed by atoms with Gasteiger partial charge in [-0.25, -0.2) is 13.1 Å². The Kier molecular flexibility index (Phi) is 3.93. The summed E-state index contributed by atoms with van der Waals surface area (Å²) in [7, 11) is -3.75. The number of rotatable bonds is 5. The second-order valence-corrected chi connectivity index (χ2v) is 5.99. The quantitative estimate of drug-likeness (QED) is 0.824. The molecule has 8 nitrogen and oxygen atoms in total. The topological polar surface area (TPSA) is 124 Å². The normalized spacial score (nSPS) is 12.0. The lowest BCUT2D eigenvalue weighted by molar-refractivity contribution is 0.372. The number of aromatic nitrogens is 2. The standard InChI is InChI=1S/C11H16N4O4S/c1-6-9(4-12)11(7(2)18-6)20(16,17)13-5-10-14-8(3)15-19-10/h13H,4-5,12H2,1-3H3. The number of hydrogen-bond acceptors (Lipinski definition) is 7. The van der Waals surface area contributed by atoms with Gasteiger partial charge in [0.05, 0.1) is 6.54 Å². The molecule has 110 valence electrons. The highest BCUT2D eigenvalue weighted by Gasteiger charge is 2.26. The third kappa shape index (κ3) is 2.74. The molecular formula is C11H16N4O4S. The molecule has 2 heterocycles.